The molecule has 1 unspecified atom stereocenters. The predicted octanol–water partition coefficient (Wildman–Crippen LogP) is 7.51. The lowest BCUT2D eigenvalue weighted by atomic mass is 9.40. The highest BCUT2D eigenvalue weighted by Gasteiger charge is 2.63. The molecule has 0 aromatic heterocycles. The van der Waals surface area contributed by atoms with Crippen molar-refractivity contribution in [1.82, 2.24) is 0 Å². The van der Waals surface area contributed by atoms with Gasteiger partial charge >= 0.3 is 0 Å². The lowest BCUT2D eigenvalue weighted by molar-refractivity contribution is -0.133. The minimum absolute atomic E-state index is 0.0510. The van der Waals surface area contributed by atoms with E-state index in [-0.39, 0.29) is 44.7 Å². The van der Waals surface area contributed by atoms with Crippen molar-refractivity contribution >= 4 is 11.6 Å². The van der Waals surface area contributed by atoms with Gasteiger partial charge in [0.15, 0.2) is 11.6 Å². The molecule has 36 heavy (non-hydrogen) atoms. The lowest BCUT2D eigenvalue weighted by Gasteiger charge is -2.63. The molecule has 4 rings (SSSR count). The van der Waals surface area contributed by atoms with E-state index in [2.05, 4.69) is 53.7 Å². The summed E-state index contributed by atoms with van der Waals surface area (Å²) in [6.45, 7) is 17.5. The lowest BCUT2D eigenvalue weighted by Crippen LogP contribution is -2.57. The van der Waals surface area contributed by atoms with Gasteiger partial charge in [-0.25, -0.2) is 0 Å². The molecule has 4 nitrogen and oxygen atoms in total. The van der Waals surface area contributed by atoms with Crippen molar-refractivity contribution in [3.63, 3.8) is 0 Å². The fourth-order valence-electron chi connectivity index (χ4n) is 9.02. The van der Waals surface area contributed by atoms with Crippen LogP contribution < -0.4 is 0 Å². The van der Waals surface area contributed by atoms with Crippen LogP contribution in [0, 0.1) is 67.0 Å². The molecule has 0 N–H and O–H groups in total. The number of Topliss-reactive ketones (excluding diaryl/α,β-unsaturated/α-hetero) is 1. The second-order valence-electron chi connectivity index (χ2n) is 14.7. The van der Waals surface area contributed by atoms with Crippen LogP contribution in [-0.2, 0) is 9.59 Å². The Morgan fingerprint density at radius 1 is 0.972 bits per heavy atom. The van der Waals surface area contributed by atoms with Gasteiger partial charge < -0.3 is 0 Å². The summed E-state index contributed by atoms with van der Waals surface area (Å²) in [5, 5.41) is 20.2. The molecule has 0 amide bonds. The number of carbonyl (C=O) groups is 2. The molecule has 2 fully saturated rings. The van der Waals surface area contributed by atoms with Gasteiger partial charge in [-0.05, 0) is 79.1 Å². The molecule has 0 spiro atoms. The van der Waals surface area contributed by atoms with E-state index in [0.29, 0.717) is 12.3 Å². The molecule has 0 saturated heterocycles. The Bertz CT molecular complexity index is 1140. The zero-order valence-corrected chi connectivity index (χ0v) is 23.7. The summed E-state index contributed by atoms with van der Waals surface area (Å²) < 4.78 is 0. The predicted molar refractivity (Wildman–Crippen MR) is 141 cm³/mol. The number of fused-ring (bicyclic) bond motifs is 3. The van der Waals surface area contributed by atoms with E-state index in [1.54, 1.807) is 0 Å². The number of rotatable bonds is 3. The summed E-state index contributed by atoms with van der Waals surface area (Å²) >= 11 is 0. The quantitative estimate of drug-likeness (QED) is 0.411. The Kier molecular flexibility index (Phi) is 6.08. The second kappa shape index (κ2) is 8.15. The molecule has 4 heteroatoms. The largest absolute Gasteiger partial charge is 0.295 e. The monoisotopic (exact) mass is 488 g/mol. The number of ketones is 2. The molecule has 0 heterocycles. The number of nitrogens with zero attached hydrogens (tertiary/aromatic N) is 2. The molecule has 0 radical (unpaired) electrons. The number of carbonyl (C=O) groups excluding carboxylic acids is 2. The average Bonchev–Trinajstić information content (AvgIpc) is 2.77. The summed E-state index contributed by atoms with van der Waals surface area (Å²) in [4.78, 5) is 26.4. The zero-order valence-electron chi connectivity index (χ0n) is 23.7. The first-order valence-electron chi connectivity index (χ1n) is 13.8. The molecule has 6 atom stereocenters. The normalized spacial score (nSPS) is 43.3. The SMILES string of the molecule is CC1CC(C)(C)CC[C@]1(C#N)CC[C@]1(C)CC(=O)C=C2[C@@]3(C)C=C(C#N)C(=O)C(C)(C)[C@@H]3CC[C@]21C. The van der Waals surface area contributed by atoms with Crippen LogP contribution in [0.25, 0.3) is 0 Å². The van der Waals surface area contributed by atoms with Crippen molar-refractivity contribution < 1.29 is 9.59 Å². The minimum atomic E-state index is -0.650. The number of allylic oxidation sites excluding steroid dienone is 4. The molecule has 0 bridgehead atoms. The van der Waals surface area contributed by atoms with Crippen LogP contribution in [-0.4, -0.2) is 11.6 Å². The molecule has 194 valence electrons. The summed E-state index contributed by atoms with van der Waals surface area (Å²) in [7, 11) is 0. The van der Waals surface area contributed by atoms with Crippen LogP contribution >= 0.6 is 0 Å². The molecule has 2 saturated carbocycles. The van der Waals surface area contributed by atoms with Crippen LogP contribution in [0.15, 0.2) is 23.3 Å². The van der Waals surface area contributed by atoms with Crippen molar-refractivity contribution in [2.75, 3.05) is 0 Å². The van der Waals surface area contributed by atoms with Crippen molar-refractivity contribution in [2.24, 2.45) is 44.3 Å². The third-order valence-electron chi connectivity index (χ3n) is 11.7. The van der Waals surface area contributed by atoms with Crippen LogP contribution in [0.5, 0.6) is 0 Å². The highest BCUT2D eigenvalue weighted by atomic mass is 16.1. The van der Waals surface area contributed by atoms with E-state index in [1.165, 1.54) is 0 Å². The Morgan fingerprint density at radius 2 is 1.64 bits per heavy atom. The Labute approximate surface area is 218 Å². The number of hydrogen-bond donors (Lipinski definition) is 0. The van der Waals surface area contributed by atoms with Gasteiger partial charge in [0.2, 0.25) is 0 Å². The third kappa shape index (κ3) is 3.66. The highest BCUT2D eigenvalue weighted by molar-refractivity contribution is 6.04. The fourth-order valence-corrected chi connectivity index (χ4v) is 9.02. The summed E-state index contributed by atoms with van der Waals surface area (Å²) in [6, 6.07) is 4.92. The summed E-state index contributed by atoms with van der Waals surface area (Å²) in [5.74, 6) is 0.440. The topological polar surface area (TPSA) is 81.7 Å². The van der Waals surface area contributed by atoms with E-state index in [1.807, 2.05) is 26.0 Å². The first kappa shape index (κ1) is 26.9. The maximum Gasteiger partial charge on any atom is 0.178 e. The highest BCUT2D eigenvalue weighted by Crippen LogP contribution is 2.69. The Hall–Kier alpha value is -2.20. The molecule has 0 aromatic carbocycles. The molecular weight excluding hydrogens is 444 g/mol. The molecule has 0 aliphatic heterocycles. The smallest absolute Gasteiger partial charge is 0.178 e. The van der Waals surface area contributed by atoms with E-state index in [0.717, 1.165) is 50.5 Å². The van der Waals surface area contributed by atoms with E-state index < -0.39 is 10.8 Å². The van der Waals surface area contributed by atoms with Crippen molar-refractivity contribution in [2.45, 2.75) is 107 Å². The van der Waals surface area contributed by atoms with E-state index >= 15 is 0 Å². The van der Waals surface area contributed by atoms with Gasteiger partial charge in [-0.1, -0.05) is 67.0 Å². The number of nitriles is 2. The van der Waals surface area contributed by atoms with Gasteiger partial charge in [-0.3, -0.25) is 9.59 Å². The van der Waals surface area contributed by atoms with E-state index in [9.17, 15) is 20.1 Å². The van der Waals surface area contributed by atoms with Crippen molar-refractivity contribution in [1.29, 1.82) is 10.5 Å². The van der Waals surface area contributed by atoms with Crippen molar-refractivity contribution in [3.8, 4) is 12.1 Å². The Morgan fingerprint density at radius 3 is 2.22 bits per heavy atom. The fraction of sp³-hybridized carbons (Fsp3) is 0.750. The van der Waals surface area contributed by atoms with Gasteiger partial charge in [0, 0.05) is 17.3 Å². The minimum Gasteiger partial charge on any atom is -0.295 e. The van der Waals surface area contributed by atoms with Crippen LogP contribution in [0.2, 0.25) is 0 Å². The van der Waals surface area contributed by atoms with Gasteiger partial charge in [0.05, 0.1) is 17.1 Å². The maximum atomic E-state index is 13.3. The van der Waals surface area contributed by atoms with Crippen LogP contribution in [0.4, 0.5) is 0 Å². The van der Waals surface area contributed by atoms with E-state index in [4.69, 9.17) is 0 Å². The van der Waals surface area contributed by atoms with Crippen LogP contribution in [0.3, 0.4) is 0 Å². The summed E-state index contributed by atoms with van der Waals surface area (Å²) in [5.41, 5.74) is -0.403. The van der Waals surface area contributed by atoms with Crippen molar-refractivity contribution in [3.05, 3.63) is 23.3 Å². The van der Waals surface area contributed by atoms with Crippen LogP contribution in [0.1, 0.15) is 107 Å². The first-order valence-corrected chi connectivity index (χ1v) is 13.8. The molecule has 0 aromatic rings. The number of hydrogen-bond acceptors (Lipinski definition) is 4. The van der Waals surface area contributed by atoms with Gasteiger partial charge in [0.25, 0.3) is 0 Å². The maximum absolute atomic E-state index is 13.3. The zero-order chi connectivity index (χ0) is 26.9. The third-order valence-corrected chi connectivity index (χ3v) is 11.7. The first-order chi connectivity index (χ1) is 16.5. The van der Waals surface area contributed by atoms with Gasteiger partial charge in [0.1, 0.15) is 6.07 Å². The molecule has 4 aliphatic rings. The molecular formula is C32H44N2O2. The average molecular weight is 489 g/mol. The van der Waals surface area contributed by atoms with Gasteiger partial charge in [-0.15, -0.1) is 0 Å². The Balaban J connectivity index is 1.73. The second-order valence-corrected chi connectivity index (χ2v) is 14.7. The standard InChI is InChI=1S/C32H44N2O2/c1-21-16-27(2,3)11-13-32(21,20-34)14-12-29(6)18-23(35)15-25-30(7)17-22(19-33)26(36)28(4,5)24(30)9-10-31(25,29)8/h15,17,21,24H,9-14,16,18H2,1-8H3/t21?,24-,29+,30-,31+,32+/m0/s1. The summed E-state index contributed by atoms with van der Waals surface area (Å²) in [6.07, 6.45) is 10.7. The van der Waals surface area contributed by atoms with Gasteiger partial charge in [-0.2, -0.15) is 10.5 Å². The molecule has 4 aliphatic carbocycles.